The molecule has 0 N–H and O–H groups in total. The van der Waals surface area contributed by atoms with E-state index in [1.807, 2.05) is 12.1 Å². The van der Waals surface area contributed by atoms with Gasteiger partial charge < -0.3 is 4.74 Å². The minimum absolute atomic E-state index is 0.639. The van der Waals surface area contributed by atoms with E-state index in [0.29, 0.717) is 0 Å². The van der Waals surface area contributed by atoms with E-state index in [9.17, 15) is 0 Å². The number of ether oxygens (including phenoxy) is 1. The molecule has 136 valence electrons. The first-order valence-electron chi connectivity index (χ1n) is 9.82. The summed E-state index contributed by atoms with van der Waals surface area (Å²) >= 11 is 0. The van der Waals surface area contributed by atoms with Crippen LogP contribution in [0.5, 0.6) is 5.75 Å². The van der Waals surface area contributed by atoms with Crippen LogP contribution < -0.4 is 4.74 Å². The second-order valence-corrected chi connectivity index (χ2v) is 7.81. The first-order valence-corrected chi connectivity index (χ1v) is 9.82. The maximum atomic E-state index is 6.82. The summed E-state index contributed by atoms with van der Waals surface area (Å²) in [5.74, 6) is 3.58. The summed E-state index contributed by atoms with van der Waals surface area (Å²) in [6, 6.07) is 27.6. The van der Waals surface area contributed by atoms with Crippen LogP contribution in [-0.4, -0.2) is 0 Å². The zero-order valence-electron chi connectivity index (χ0n) is 16.1. The highest BCUT2D eigenvalue weighted by Crippen LogP contribution is 2.55. The highest BCUT2D eigenvalue weighted by atomic mass is 16.5. The van der Waals surface area contributed by atoms with Crippen molar-refractivity contribution in [3.8, 4) is 29.2 Å². The van der Waals surface area contributed by atoms with Gasteiger partial charge in [-0.15, -0.1) is 6.42 Å². The molecular formula is C28H18O. The molecule has 0 bridgehead atoms. The largest absolute Gasteiger partial charge is 0.473 e. The SMILES string of the molecule is C#Cc1ccc2c(c1)OC1(C=C2C)c2ccccc2-c2cc3ccccc3cc21. The monoisotopic (exact) mass is 370 g/mol. The average molecular weight is 370 g/mol. The minimum Gasteiger partial charge on any atom is -0.473 e. The Balaban J connectivity index is 1.70. The number of rotatable bonds is 0. The summed E-state index contributed by atoms with van der Waals surface area (Å²) in [5, 5.41) is 2.46. The molecule has 1 aliphatic carbocycles. The van der Waals surface area contributed by atoms with Crippen LogP contribution in [0.25, 0.3) is 27.5 Å². The van der Waals surface area contributed by atoms with Gasteiger partial charge in [-0.05, 0) is 70.8 Å². The second kappa shape index (κ2) is 5.63. The van der Waals surface area contributed by atoms with Gasteiger partial charge in [0.15, 0.2) is 5.60 Å². The standard InChI is InChI=1S/C28H18O/c1-3-19-12-13-22-18(2)17-28(29-27(22)14-19)25-11-7-6-10-23(25)24-15-20-8-4-5-9-21(20)16-26(24)28/h1,4-17H,2H3. The van der Waals surface area contributed by atoms with Crippen molar-refractivity contribution in [1.82, 2.24) is 0 Å². The number of hydrogen-bond donors (Lipinski definition) is 0. The molecule has 4 aromatic rings. The first-order chi connectivity index (χ1) is 14.2. The van der Waals surface area contributed by atoms with E-state index in [0.717, 1.165) is 16.9 Å². The topological polar surface area (TPSA) is 9.23 Å². The molecule has 0 amide bonds. The first kappa shape index (κ1) is 16.2. The average Bonchev–Trinajstić information content (AvgIpc) is 3.01. The van der Waals surface area contributed by atoms with Gasteiger partial charge in [-0.25, -0.2) is 0 Å². The zero-order chi connectivity index (χ0) is 19.6. The predicted octanol–water partition coefficient (Wildman–Crippen LogP) is 6.54. The van der Waals surface area contributed by atoms with Crippen LogP contribution in [0.15, 0.2) is 84.9 Å². The third-order valence-corrected chi connectivity index (χ3v) is 6.17. The molecule has 1 unspecified atom stereocenters. The van der Waals surface area contributed by atoms with Crippen LogP contribution in [0.4, 0.5) is 0 Å². The molecule has 0 fully saturated rings. The molecule has 1 aliphatic heterocycles. The van der Waals surface area contributed by atoms with Crippen LogP contribution >= 0.6 is 0 Å². The van der Waals surface area contributed by atoms with Crippen molar-refractivity contribution < 1.29 is 4.74 Å². The van der Waals surface area contributed by atoms with Crippen molar-refractivity contribution in [2.45, 2.75) is 12.5 Å². The molecular weight excluding hydrogens is 352 g/mol. The van der Waals surface area contributed by atoms with E-state index >= 15 is 0 Å². The minimum atomic E-state index is -0.639. The van der Waals surface area contributed by atoms with Crippen molar-refractivity contribution in [3.05, 3.63) is 107 Å². The lowest BCUT2D eigenvalue weighted by Gasteiger charge is -2.35. The quantitative estimate of drug-likeness (QED) is 0.319. The third-order valence-electron chi connectivity index (χ3n) is 6.17. The predicted molar refractivity (Wildman–Crippen MR) is 119 cm³/mol. The normalized spacial score (nSPS) is 18.4. The highest BCUT2D eigenvalue weighted by Gasteiger charge is 2.46. The summed E-state index contributed by atoms with van der Waals surface area (Å²) in [5.41, 5.74) is 7.33. The van der Waals surface area contributed by atoms with Crippen molar-refractivity contribution in [3.63, 3.8) is 0 Å². The van der Waals surface area contributed by atoms with Crippen molar-refractivity contribution >= 4 is 16.3 Å². The Bertz CT molecular complexity index is 1400. The van der Waals surface area contributed by atoms with Gasteiger partial charge in [0.2, 0.25) is 0 Å². The Morgan fingerprint density at radius 1 is 0.759 bits per heavy atom. The van der Waals surface area contributed by atoms with Crippen LogP contribution in [0, 0.1) is 12.3 Å². The van der Waals surface area contributed by atoms with Gasteiger partial charge in [0, 0.05) is 22.3 Å². The molecule has 6 rings (SSSR count). The van der Waals surface area contributed by atoms with Gasteiger partial charge in [0.05, 0.1) is 0 Å². The fraction of sp³-hybridized carbons (Fsp3) is 0.0714. The Morgan fingerprint density at radius 2 is 1.52 bits per heavy atom. The second-order valence-electron chi connectivity index (χ2n) is 7.81. The lowest BCUT2D eigenvalue weighted by molar-refractivity contribution is 0.165. The van der Waals surface area contributed by atoms with Crippen molar-refractivity contribution in [1.29, 1.82) is 0 Å². The summed E-state index contributed by atoms with van der Waals surface area (Å²) in [7, 11) is 0. The maximum Gasteiger partial charge on any atom is 0.179 e. The number of terminal acetylenes is 1. The Hall–Kier alpha value is -3.76. The summed E-state index contributed by atoms with van der Waals surface area (Å²) in [6.45, 7) is 2.15. The number of fused-ring (bicyclic) bond motifs is 7. The van der Waals surface area contributed by atoms with Crippen molar-refractivity contribution in [2.75, 3.05) is 0 Å². The lowest BCUT2D eigenvalue weighted by atomic mass is 9.84. The van der Waals surface area contributed by atoms with E-state index in [1.165, 1.54) is 38.6 Å². The number of allylic oxidation sites excluding steroid dienone is 1. The molecule has 0 saturated heterocycles. The summed E-state index contributed by atoms with van der Waals surface area (Å²) in [6.07, 6.45) is 7.93. The van der Waals surface area contributed by atoms with Crippen LogP contribution in [0.1, 0.15) is 29.2 Å². The van der Waals surface area contributed by atoms with E-state index in [2.05, 4.69) is 85.7 Å². The van der Waals surface area contributed by atoms with E-state index in [-0.39, 0.29) is 0 Å². The Labute approximate surface area is 170 Å². The third kappa shape index (κ3) is 2.12. The smallest absolute Gasteiger partial charge is 0.179 e. The fourth-order valence-electron chi connectivity index (χ4n) is 4.83. The van der Waals surface area contributed by atoms with Gasteiger partial charge in [0.1, 0.15) is 5.75 Å². The molecule has 4 aromatic carbocycles. The Kier molecular flexibility index (Phi) is 3.15. The maximum absolute atomic E-state index is 6.82. The molecule has 1 heteroatoms. The van der Waals surface area contributed by atoms with Crippen LogP contribution in [0.2, 0.25) is 0 Å². The number of benzene rings is 4. The van der Waals surface area contributed by atoms with E-state index < -0.39 is 5.60 Å². The molecule has 0 radical (unpaired) electrons. The zero-order valence-corrected chi connectivity index (χ0v) is 16.1. The molecule has 0 aromatic heterocycles. The van der Waals surface area contributed by atoms with Gasteiger partial charge in [-0.1, -0.05) is 54.5 Å². The summed E-state index contributed by atoms with van der Waals surface area (Å²) < 4.78 is 6.82. The van der Waals surface area contributed by atoms with E-state index in [4.69, 9.17) is 11.2 Å². The molecule has 1 heterocycles. The van der Waals surface area contributed by atoms with Gasteiger partial charge in [-0.3, -0.25) is 0 Å². The molecule has 0 saturated carbocycles. The van der Waals surface area contributed by atoms with Crippen molar-refractivity contribution in [2.24, 2.45) is 0 Å². The van der Waals surface area contributed by atoms with Gasteiger partial charge in [-0.2, -0.15) is 0 Å². The van der Waals surface area contributed by atoms with Crippen LogP contribution in [-0.2, 0) is 5.60 Å². The van der Waals surface area contributed by atoms with E-state index in [1.54, 1.807) is 0 Å². The van der Waals surface area contributed by atoms with Gasteiger partial charge in [0.25, 0.3) is 0 Å². The molecule has 1 spiro atoms. The Morgan fingerprint density at radius 3 is 2.34 bits per heavy atom. The lowest BCUT2D eigenvalue weighted by Crippen LogP contribution is -2.33. The number of hydrogen-bond acceptors (Lipinski definition) is 1. The fourth-order valence-corrected chi connectivity index (χ4v) is 4.83. The summed E-state index contributed by atoms with van der Waals surface area (Å²) in [4.78, 5) is 0. The molecule has 29 heavy (non-hydrogen) atoms. The molecule has 2 aliphatic rings. The molecule has 1 nitrogen and oxygen atoms in total. The van der Waals surface area contributed by atoms with Gasteiger partial charge >= 0.3 is 0 Å². The highest BCUT2D eigenvalue weighted by molar-refractivity contribution is 5.94. The van der Waals surface area contributed by atoms with Crippen LogP contribution in [0.3, 0.4) is 0 Å². The molecule has 1 atom stereocenters.